The summed E-state index contributed by atoms with van der Waals surface area (Å²) in [5.41, 5.74) is 1.98. The van der Waals surface area contributed by atoms with Gasteiger partial charge in [0.1, 0.15) is 5.75 Å². The van der Waals surface area contributed by atoms with Crippen LogP contribution in [0.1, 0.15) is 12.5 Å². The van der Waals surface area contributed by atoms with Crippen molar-refractivity contribution in [1.82, 2.24) is 0 Å². The third kappa shape index (κ3) is 6.62. The summed E-state index contributed by atoms with van der Waals surface area (Å²) in [5, 5.41) is 3.26. The molecule has 1 aliphatic rings. The summed E-state index contributed by atoms with van der Waals surface area (Å²) in [6.07, 6.45) is 1.75. The summed E-state index contributed by atoms with van der Waals surface area (Å²) in [4.78, 5) is 27.4. The molecule has 10 heteroatoms. The molecular weight excluding hydrogens is 532 g/mol. The average Bonchev–Trinajstić information content (AvgIpc) is 3.16. The van der Waals surface area contributed by atoms with Crippen LogP contribution < -0.4 is 24.4 Å². The molecule has 0 atom stereocenters. The van der Waals surface area contributed by atoms with E-state index in [0.717, 1.165) is 5.56 Å². The Balaban J connectivity index is 1.47. The highest BCUT2D eigenvalue weighted by Gasteiger charge is 2.33. The topological polar surface area (TPSA) is 77.1 Å². The fourth-order valence-corrected chi connectivity index (χ4v) is 4.97. The largest absolute Gasteiger partial charge is 0.497 e. The Hall–Kier alpha value is -3.53. The highest BCUT2D eigenvalue weighted by molar-refractivity contribution is 8.27. The van der Waals surface area contributed by atoms with E-state index >= 15 is 0 Å². The number of hydrogen-bond donors (Lipinski definition) is 1. The number of halogens is 1. The number of benzene rings is 3. The van der Waals surface area contributed by atoms with Crippen molar-refractivity contribution in [3.8, 4) is 17.2 Å². The van der Waals surface area contributed by atoms with E-state index in [-0.39, 0.29) is 18.4 Å². The molecular formula is C27H23ClN2O5S2. The Morgan fingerprint density at radius 2 is 1.86 bits per heavy atom. The smallest absolute Gasteiger partial charge is 0.270 e. The van der Waals surface area contributed by atoms with E-state index in [1.165, 1.54) is 16.7 Å². The Bertz CT molecular complexity index is 1360. The van der Waals surface area contributed by atoms with Gasteiger partial charge in [0, 0.05) is 10.7 Å². The van der Waals surface area contributed by atoms with Crippen LogP contribution in [-0.4, -0.2) is 36.5 Å². The average molecular weight is 555 g/mol. The van der Waals surface area contributed by atoms with Crippen LogP contribution in [-0.2, 0) is 9.59 Å². The minimum atomic E-state index is -0.337. The summed E-state index contributed by atoms with van der Waals surface area (Å²) in [5.74, 6) is 1.01. The Morgan fingerprint density at radius 3 is 2.57 bits per heavy atom. The Kier molecular flexibility index (Phi) is 8.70. The standard InChI is InChI=1S/C27H23ClN2O5S2/c1-3-34-23-13-17(7-12-22(23)35-16-25(31)29-19-6-4-5-18(28)15-19)14-24-26(32)30(27(36)37-24)20-8-10-21(33-2)11-9-20/h4-15H,3,16H2,1-2H3,(H,29,31)/b24-14-. The van der Waals surface area contributed by atoms with Gasteiger partial charge in [-0.1, -0.05) is 47.7 Å². The first kappa shape index (κ1) is 26.5. The van der Waals surface area contributed by atoms with Crippen LogP contribution >= 0.6 is 35.6 Å². The van der Waals surface area contributed by atoms with Gasteiger partial charge in [0.2, 0.25) is 0 Å². The number of amides is 2. The summed E-state index contributed by atoms with van der Waals surface area (Å²) >= 11 is 12.6. The van der Waals surface area contributed by atoms with Crippen molar-refractivity contribution in [1.29, 1.82) is 0 Å². The monoisotopic (exact) mass is 554 g/mol. The van der Waals surface area contributed by atoms with Crippen LogP contribution in [0.4, 0.5) is 11.4 Å². The van der Waals surface area contributed by atoms with Gasteiger partial charge in [0.05, 0.1) is 24.3 Å². The normalized spacial score (nSPS) is 14.1. The summed E-state index contributed by atoms with van der Waals surface area (Å²) in [7, 11) is 1.58. The molecule has 0 bridgehead atoms. The molecule has 1 N–H and O–H groups in total. The number of ether oxygens (including phenoxy) is 3. The summed E-state index contributed by atoms with van der Waals surface area (Å²) < 4.78 is 17.1. The van der Waals surface area contributed by atoms with E-state index < -0.39 is 0 Å². The number of carbonyl (C=O) groups is 2. The molecule has 7 nitrogen and oxygen atoms in total. The zero-order chi connectivity index (χ0) is 26.4. The fourth-order valence-electron chi connectivity index (χ4n) is 3.48. The number of thiocarbonyl (C=S) groups is 1. The molecule has 190 valence electrons. The number of anilines is 2. The van der Waals surface area contributed by atoms with Crippen molar-refractivity contribution in [2.75, 3.05) is 30.5 Å². The van der Waals surface area contributed by atoms with Crippen LogP contribution in [0.15, 0.2) is 71.6 Å². The molecule has 3 aromatic rings. The summed E-state index contributed by atoms with van der Waals surface area (Å²) in [6, 6.07) is 19.2. The highest BCUT2D eigenvalue weighted by Crippen LogP contribution is 2.37. The minimum Gasteiger partial charge on any atom is -0.497 e. The highest BCUT2D eigenvalue weighted by atomic mass is 35.5. The van der Waals surface area contributed by atoms with Crippen LogP contribution in [0, 0.1) is 0 Å². The number of nitrogens with one attached hydrogen (secondary N) is 1. The minimum absolute atomic E-state index is 0.212. The van der Waals surface area contributed by atoms with Crippen molar-refractivity contribution in [2.24, 2.45) is 0 Å². The summed E-state index contributed by atoms with van der Waals surface area (Å²) in [6.45, 7) is 2.03. The lowest BCUT2D eigenvalue weighted by Gasteiger charge is -2.14. The maximum Gasteiger partial charge on any atom is 0.270 e. The third-order valence-electron chi connectivity index (χ3n) is 5.16. The molecule has 0 aliphatic carbocycles. The van der Waals surface area contributed by atoms with Gasteiger partial charge >= 0.3 is 0 Å². The molecule has 0 radical (unpaired) electrons. The van der Waals surface area contributed by atoms with Gasteiger partial charge in [-0.25, -0.2) is 0 Å². The predicted molar refractivity (Wildman–Crippen MR) is 152 cm³/mol. The number of carbonyl (C=O) groups excluding carboxylic acids is 2. The molecule has 1 aliphatic heterocycles. The van der Waals surface area contributed by atoms with Crippen molar-refractivity contribution in [3.05, 3.63) is 82.2 Å². The SMILES string of the molecule is CCOc1cc(/C=C2\SC(=S)N(c3ccc(OC)cc3)C2=O)ccc1OCC(=O)Nc1cccc(Cl)c1. The lowest BCUT2D eigenvalue weighted by atomic mass is 10.1. The molecule has 1 saturated heterocycles. The Morgan fingerprint density at radius 1 is 1.08 bits per heavy atom. The van der Waals surface area contributed by atoms with Gasteiger partial charge in [0.25, 0.3) is 11.8 Å². The molecule has 4 rings (SSSR count). The second kappa shape index (κ2) is 12.1. The Labute approximate surface area is 229 Å². The van der Waals surface area contributed by atoms with E-state index in [2.05, 4.69) is 5.32 Å². The van der Waals surface area contributed by atoms with Crippen LogP contribution in [0.25, 0.3) is 6.08 Å². The number of nitrogens with zero attached hydrogens (tertiary/aromatic N) is 1. The lowest BCUT2D eigenvalue weighted by molar-refractivity contribution is -0.118. The van der Waals surface area contributed by atoms with E-state index in [4.69, 9.17) is 38.0 Å². The zero-order valence-electron chi connectivity index (χ0n) is 20.0. The van der Waals surface area contributed by atoms with Crippen molar-refractivity contribution in [3.63, 3.8) is 0 Å². The molecule has 3 aromatic carbocycles. The van der Waals surface area contributed by atoms with Gasteiger partial charge in [-0.2, -0.15) is 0 Å². The molecule has 1 fully saturated rings. The third-order valence-corrected chi connectivity index (χ3v) is 6.69. The van der Waals surface area contributed by atoms with Crippen LogP contribution in [0.3, 0.4) is 0 Å². The van der Waals surface area contributed by atoms with E-state index in [1.54, 1.807) is 79.9 Å². The van der Waals surface area contributed by atoms with Gasteiger partial charge < -0.3 is 19.5 Å². The van der Waals surface area contributed by atoms with E-state index in [0.29, 0.717) is 49.5 Å². The van der Waals surface area contributed by atoms with Crippen molar-refractivity contribution >= 4 is 69.2 Å². The van der Waals surface area contributed by atoms with Gasteiger partial charge in [-0.3, -0.25) is 14.5 Å². The van der Waals surface area contributed by atoms with Gasteiger partial charge in [-0.15, -0.1) is 0 Å². The maximum atomic E-state index is 13.1. The van der Waals surface area contributed by atoms with Crippen molar-refractivity contribution in [2.45, 2.75) is 6.92 Å². The first-order valence-corrected chi connectivity index (χ1v) is 12.8. The quantitative estimate of drug-likeness (QED) is 0.250. The zero-order valence-corrected chi connectivity index (χ0v) is 22.4. The first-order chi connectivity index (χ1) is 17.9. The van der Waals surface area contributed by atoms with Crippen LogP contribution in [0.5, 0.6) is 17.2 Å². The molecule has 0 unspecified atom stereocenters. The van der Waals surface area contributed by atoms with Crippen LogP contribution in [0.2, 0.25) is 5.02 Å². The first-order valence-electron chi connectivity index (χ1n) is 11.2. The van der Waals surface area contributed by atoms with Gasteiger partial charge in [-0.05, 0) is 73.2 Å². The fraction of sp³-hybridized carbons (Fsp3) is 0.148. The molecule has 37 heavy (non-hydrogen) atoms. The maximum absolute atomic E-state index is 13.1. The molecule has 0 aromatic heterocycles. The van der Waals surface area contributed by atoms with Gasteiger partial charge in [0.15, 0.2) is 22.4 Å². The number of methoxy groups -OCH3 is 1. The van der Waals surface area contributed by atoms with E-state index in [9.17, 15) is 9.59 Å². The molecule has 0 saturated carbocycles. The molecule has 1 heterocycles. The number of hydrogen-bond acceptors (Lipinski definition) is 7. The second-order valence-electron chi connectivity index (χ2n) is 7.70. The number of rotatable bonds is 9. The lowest BCUT2D eigenvalue weighted by Crippen LogP contribution is -2.27. The van der Waals surface area contributed by atoms with Crippen molar-refractivity contribution < 1.29 is 23.8 Å². The predicted octanol–water partition coefficient (Wildman–Crippen LogP) is 6.17. The molecule has 0 spiro atoms. The molecule has 2 amide bonds. The second-order valence-corrected chi connectivity index (χ2v) is 9.81. The number of thioether (sulfide) groups is 1. The van der Waals surface area contributed by atoms with E-state index in [1.807, 2.05) is 6.92 Å².